The van der Waals surface area contributed by atoms with E-state index < -0.39 is 5.60 Å². The lowest BCUT2D eigenvalue weighted by atomic mass is 9.79. The van der Waals surface area contributed by atoms with Crippen LogP contribution in [0.4, 0.5) is 4.39 Å². The zero-order valence-electron chi connectivity index (χ0n) is 9.32. The van der Waals surface area contributed by atoms with Crippen molar-refractivity contribution in [3.8, 4) is 0 Å². The number of nitrogens with two attached hydrogens (primary N) is 1. The first-order chi connectivity index (χ1) is 7.57. The first kappa shape index (κ1) is 11.6. The molecule has 0 aromatic heterocycles. The molecule has 1 fully saturated rings. The summed E-state index contributed by atoms with van der Waals surface area (Å²) in [5, 5.41) is 10.4. The Morgan fingerprint density at radius 2 is 2.06 bits per heavy atom. The molecule has 0 aliphatic heterocycles. The number of halogens is 1. The molecule has 2 nitrogen and oxygen atoms in total. The fourth-order valence-corrected chi connectivity index (χ4v) is 2.38. The molecule has 1 aliphatic carbocycles. The molecule has 1 aromatic rings. The molecule has 0 unspecified atom stereocenters. The zero-order chi connectivity index (χ0) is 11.6. The molecule has 1 aromatic carbocycles. The maximum absolute atomic E-state index is 13.0. The molecule has 1 saturated carbocycles. The lowest BCUT2D eigenvalue weighted by Crippen LogP contribution is -2.40. The summed E-state index contributed by atoms with van der Waals surface area (Å²) in [6.45, 7) is 0. The van der Waals surface area contributed by atoms with E-state index in [1.54, 1.807) is 6.07 Å². The highest BCUT2D eigenvalue weighted by Gasteiger charge is 2.32. The Labute approximate surface area is 95.3 Å². The summed E-state index contributed by atoms with van der Waals surface area (Å²) in [6.07, 6.45) is 3.66. The predicted octanol–water partition coefficient (Wildman–Crippen LogP) is 2.00. The van der Waals surface area contributed by atoms with Crippen LogP contribution >= 0.6 is 0 Å². The molecule has 1 aliphatic rings. The van der Waals surface area contributed by atoms with Crippen LogP contribution in [0.1, 0.15) is 31.2 Å². The van der Waals surface area contributed by atoms with Gasteiger partial charge in [-0.3, -0.25) is 0 Å². The Hall–Kier alpha value is -0.930. The van der Waals surface area contributed by atoms with Gasteiger partial charge >= 0.3 is 0 Å². The number of benzene rings is 1. The second-order valence-electron chi connectivity index (χ2n) is 4.87. The molecule has 0 bridgehead atoms. The molecular formula is C13H18FNO. The van der Waals surface area contributed by atoms with Crippen molar-refractivity contribution in [2.45, 2.75) is 43.7 Å². The Morgan fingerprint density at radius 3 is 2.69 bits per heavy atom. The molecule has 0 atom stereocenters. The topological polar surface area (TPSA) is 46.2 Å². The molecule has 0 heterocycles. The van der Waals surface area contributed by atoms with Crippen LogP contribution in [0.3, 0.4) is 0 Å². The van der Waals surface area contributed by atoms with E-state index in [-0.39, 0.29) is 11.9 Å². The second-order valence-corrected chi connectivity index (χ2v) is 4.87. The van der Waals surface area contributed by atoms with E-state index in [2.05, 4.69) is 0 Å². The molecule has 3 heteroatoms. The van der Waals surface area contributed by atoms with Gasteiger partial charge in [0.25, 0.3) is 0 Å². The monoisotopic (exact) mass is 223 g/mol. The number of rotatable bonds is 2. The van der Waals surface area contributed by atoms with Crippen molar-refractivity contribution in [3.05, 3.63) is 35.6 Å². The predicted molar refractivity (Wildman–Crippen MR) is 61.5 cm³/mol. The lowest BCUT2D eigenvalue weighted by Gasteiger charge is -2.34. The van der Waals surface area contributed by atoms with Crippen LogP contribution in [0.15, 0.2) is 24.3 Å². The highest BCUT2D eigenvalue weighted by molar-refractivity contribution is 5.18. The van der Waals surface area contributed by atoms with Gasteiger partial charge in [0, 0.05) is 12.5 Å². The summed E-state index contributed by atoms with van der Waals surface area (Å²) in [4.78, 5) is 0. The summed E-state index contributed by atoms with van der Waals surface area (Å²) in [7, 11) is 0. The van der Waals surface area contributed by atoms with Gasteiger partial charge in [-0.2, -0.15) is 0 Å². The Balaban J connectivity index is 2.03. The minimum Gasteiger partial charge on any atom is -0.390 e. The first-order valence-corrected chi connectivity index (χ1v) is 5.80. The molecule has 16 heavy (non-hydrogen) atoms. The van der Waals surface area contributed by atoms with Gasteiger partial charge < -0.3 is 10.8 Å². The van der Waals surface area contributed by atoms with Crippen LogP contribution in [0.5, 0.6) is 0 Å². The van der Waals surface area contributed by atoms with Crippen molar-refractivity contribution >= 4 is 0 Å². The summed E-state index contributed by atoms with van der Waals surface area (Å²) >= 11 is 0. The third-order valence-electron chi connectivity index (χ3n) is 3.38. The maximum Gasteiger partial charge on any atom is 0.123 e. The largest absolute Gasteiger partial charge is 0.390 e. The van der Waals surface area contributed by atoms with Gasteiger partial charge in [0.2, 0.25) is 0 Å². The molecule has 0 saturated heterocycles. The van der Waals surface area contributed by atoms with E-state index in [0.717, 1.165) is 18.4 Å². The van der Waals surface area contributed by atoms with Crippen molar-refractivity contribution < 1.29 is 9.50 Å². The van der Waals surface area contributed by atoms with Gasteiger partial charge in [-0.15, -0.1) is 0 Å². The highest BCUT2D eigenvalue weighted by Crippen LogP contribution is 2.30. The summed E-state index contributed by atoms with van der Waals surface area (Å²) in [6, 6.07) is 6.67. The third kappa shape index (κ3) is 2.80. The van der Waals surface area contributed by atoms with Gasteiger partial charge in [0.1, 0.15) is 5.82 Å². The van der Waals surface area contributed by atoms with E-state index in [4.69, 9.17) is 5.73 Å². The van der Waals surface area contributed by atoms with Crippen LogP contribution in [0, 0.1) is 5.82 Å². The first-order valence-electron chi connectivity index (χ1n) is 5.80. The van der Waals surface area contributed by atoms with E-state index in [1.807, 2.05) is 6.07 Å². The van der Waals surface area contributed by atoms with Gasteiger partial charge in [0.05, 0.1) is 5.60 Å². The van der Waals surface area contributed by atoms with E-state index in [0.29, 0.717) is 19.3 Å². The summed E-state index contributed by atoms with van der Waals surface area (Å²) in [5.41, 5.74) is 5.97. The summed E-state index contributed by atoms with van der Waals surface area (Å²) in [5.74, 6) is -0.242. The van der Waals surface area contributed by atoms with Crippen LogP contribution in [0.25, 0.3) is 0 Å². The number of hydrogen-bond acceptors (Lipinski definition) is 2. The van der Waals surface area contributed by atoms with Crippen molar-refractivity contribution in [1.29, 1.82) is 0 Å². The molecule has 0 radical (unpaired) electrons. The Kier molecular flexibility index (Phi) is 3.26. The molecular weight excluding hydrogens is 205 g/mol. The van der Waals surface area contributed by atoms with Crippen molar-refractivity contribution in [2.24, 2.45) is 5.73 Å². The Morgan fingerprint density at radius 1 is 1.38 bits per heavy atom. The van der Waals surface area contributed by atoms with Crippen molar-refractivity contribution in [2.75, 3.05) is 0 Å². The zero-order valence-corrected chi connectivity index (χ0v) is 9.32. The number of hydrogen-bond donors (Lipinski definition) is 2. The standard InChI is InChI=1S/C13H18FNO/c14-11-3-1-2-10(8-11)9-13(16)6-4-12(15)5-7-13/h1-3,8,12,16H,4-7,9,15H2. The van der Waals surface area contributed by atoms with E-state index in [1.165, 1.54) is 12.1 Å². The molecule has 3 N–H and O–H groups in total. The average Bonchev–Trinajstić information content (AvgIpc) is 2.23. The van der Waals surface area contributed by atoms with Gasteiger partial charge in [0.15, 0.2) is 0 Å². The highest BCUT2D eigenvalue weighted by atomic mass is 19.1. The minimum atomic E-state index is -0.691. The maximum atomic E-state index is 13.0. The third-order valence-corrected chi connectivity index (χ3v) is 3.38. The van der Waals surface area contributed by atoms with Gasteiger partial charge in [-0.25, -0.2) is 4.39 Å². The van der Waals surface area contributed by atoms with E-state index in [9.17, 15) is 9.50 Å². The average molecular weight is 223 g/mol. The van der Waals surface area contributed by atoms with Crippen LogP contribution in [-0.2, 0) is 6.42 Å². The fourth-order valence-electron chi connectivity index (χ4n) is 2.38. The summed E-state index contributed by atoms with van der Waals surface area (Å²) < 4.78 is 13.0. The second kappa shape index (κ2) is 4.52. The normalized spacial score (nSPS) is 30.3. The quantitative estimate of drug-likeness (QED) is 0.805. The molecule has 0 amide bonds. The SMILES string of the molecule is NC1CCC(O)(Cc2cccc(F)c2)CC1. The van der Waals surface area contributed by atoms with E-state index >= 15 is 0 Å². The van der Waals surface area contributed by atoms with Gasteiger partial charge in [-0.1, -0.05) is 12.1 Å². The molecule has 2 rings (SSSR count). The number of aliphatic hydroxyl groups is 1. The lowest BCUT2D eigenvalue weighted by molar-refractivity contribution is 0.000175. The molecule has 0 spiro atoms. The minimum absolute atomic E-state index is 0.216. The smallest absolute Gasteiger partial charge is 0.123 e. The molecule has 88 valence electrons. The van der Waals surface area contributed by atoms with Crippen molar-refractivity contribution in [1.82, 2.24) is 0 Å². The van der Waals surface area contributed by atoms with Gasteiger partial charge in [-0.05, 0) is 43.4 Å². The fraction of sp³-hybridized carbons (Fsp3) is 0.538. The van der Waals surface area contributed by atoms with Crippen LogP contribution in [0.2, 0.25) is 0 Å². The van der Waals surface area contributed by atoms with Crippen molar-refractivity contribution in [3.63, 3.8) is 0 Å². The van der Waals surface area contributed by atoms with Crippen LogP contribution < -0.4 is 5.73 Å². The van der Waals surface area contributed by atoms with Crippen LogP contribution in [-0.4, -0.2) is 16.7 Å². The Bertz CT molecular complexity index is 359.